The first-order chi connectivity index (χ1) is 64.2. The van der Waals surface area contributed by atoms with Crippen LogP contribution in [0.15, 0.2) is 190 Å². The van der Waals surface area contributed by atoms with Crippen LogP contribution in [-0.4, -0.2) is 211 Å². The van der Waals surface area contributed by atoms with Crippen LogP contribution in [0.2, 0.25) is 0 Å². The second kappa shape index (κ2) is 44.4. The summed E-state index contributed by atoms with van der Waals surface area (Å²) in [5.41, 5.74) is 13.1. The summed E-state index contributed by atoms with van der Waals surface area (Å²) in [5.74, 6) is -0.352. The number of methoxy groups -OCH3 is 2. The van der Waals surface area contributed by atoms with Crippen LogP contribution >= 0.6 is 45.3 Å². The molecule has 20 rings (SSSR count). The topological polar surface area (TPSA) is 394 Å². The summed E-state index contributed by atoms with van der Waals surface area (Å²) < 4.78 is 16.7. The maximum absolute atomic E-state index is 13.0. The van der Waals surface area contributed by atoms with Crippen molar-refractivity contribution in [1.82, 2.24) is 79.4 Å². The number of hydrogen-bond donors (Lipinski definition) is 8. The Kier molecular flexibility index (Phi) is 32.5. The van der Waals surface area contributed by atoms with Crippen LogP contribution in [0.4, 0.5) is 55.8 Å². The molecular weight excluding hydrogens is 1810 g/mol. The van der Waals surface area contributed by atoms with E-state index in [4.69, 9.17) is 9.47 Å². The number of aryl methyl sites for hydroxylation is 2. The molecule has 4 fully saturated rings. The summed E-state index contributed by atoms with van der Waals surface area (Å²) >= 11 is 5.07. The monoisotopic (exact) mass is 1920 g/mol. The lowest BCUT2D eigenvalue weighted by Gasteiger charge is -2.35. The number of imidazole rings is 2. The van der Waals surface area contributed by atoms with E-state index in [0.717, 1.165) is 147 Å². The zero-order chi connectivity index (χ0) is 91.8. The summed E-state index contributed by atoms with van der Waals surface area (Å²) in [5, 5.41) is 34.3. The molecule has 0 radical (unpaired) electrons. The number of para-hydroxylation sites is 4. The largest absolute Gasteiger partial charge is 0.497 e. The molecule has 16 heterocycles. The van der Waals surface area contributed by atoms with Gasteiger partial charge in [0.15, 0.2) is 20.5 Å². The fraction of sp³-hybridized carbons (Fsp3) is 0.333. The molecular formula is C96H114N26O10S4. The number of ether oxygens (including phenoxy) is 2. The highest BCUT2D eigenvalue weighted by Crippen LogP contribution is 2.38. The Balaban J connectivity index is 0.000000152. The van der Waals surface area contributed by atoms with Gasteiger partial charge in [-0.2, -0.15) is 0 Å². The molecule has 136 heavy (non-hydrogen) atoms. The minimum Gasteiger partial charge on any atom is -0.497 e. The summed E-state index contributed by atoms with van der Waals surface area (Å²) in [7, 11) is 6.60. The zero-order valence-electron chi connectivity index (χ0n) is 73.7. The molecule has 0 saturated carbocycles. The van der Waals surface area contributed by atoms with E-state index in [1.165, 1.54) is 54.5 Å². The molecule has 4 atom stereocenters. The maximum atomic E-state index is 13.0. The molecule has 4 saturated heterocycles. The molecule has 6 aliphatic rings. The fourth-order valence-electron chi connectivity index (χ4n) is 16.7. The Hall–Kier alpha value is -14.0. The van der Waals surface area contributed by atoms with Crippen LogP contribution < -0.4 is 92.8 Å². The molecule has 4 aromatic carbocycles. The third-order valence-electron chi connectivity index (χ3n) is 23.7. The molecule has 6 aliphatic heterocycles. The predicted octanol–water partition coefficient (Wildman–Crippen LogP) is 13.3. The van der Waals surface area contributed by atoms with E-state index >= 15 is 0 Å². The zero-order valence-corrected chi connectivity index (χ0v) is 77.0. The second-order valence-corrected chi connectivity index (χ2v) is 35.6. The average Bonchev–Trinajstić information content (AvgIpc) is 1.61. The van der Waals surface area contributed by atoms with Crippen LogP contribution in [0.5, 0.6) is 11.5 Å². The van der Waals surface area contributed by atoms with Gasteiger partial charge in [0.1, 0.15) is 34.3 Å². The smallest absolute Gasteiger partial charge is 0.335 e. The number of carbonyl (C=O) groups is 6. The summed E-state index contributed by atoms with van der Waals surface area (Å²) in [4.78, 5) is 150. The van der Waals surface area contributed by atoms with E-state index in [1.807, 2.05) is 97.1 Å². The summed E-state index contributed by atoms with van der Waals surface area (Å²) in [6.07, 6.45) is 15.6. The van der Waals surface area contributed by atoms with E-state index in [-0.39, 0.29) is 99.3 Å². The minimum atomic E-state index is -0.333. The number of hydrogen-bond acceptors (Lipinski definition) is 30. The van der Waals surface area contributed by atoms with Crippen molar-refractivity contribution in [2.45, 2.75) is 108 Å². The molecule has 0 unspecified atom stereocenters. The Labute approximate surface area is 804 Å². The first-order valence-electron chi connectivity index (χ1n) is 43.3. The van der Waals surface area contributed by atoms with E-state index in [0.29, 0.717) is 103 Å². The van der Waals surface area contributed by atoms with Crippen molar-refractivity contribution >= 4 is 159 Å². The van der Waals surface area contributed by atoms with Crippen molar-refractivity contribution in [3.8, 4) is 21.8 Å². The van der Waals surface area contributed by atoms with Crippen LogP contribution in [0.25, 0.3) is 32.3 Å². The average molecular weight is 1920 g/mol. The minimum absolute atomic E-state index is 0. The van der Waals surface area contributed by atoms with Crippen LogP contribution in [0.1, 0.15) is 144 Å². The van der Waals surface area contributed by atoms with E-state index in [1.54, 1.807) is 130 Å². The second-order valence-electron chi connectivity index (χ2n) is 32.2. The van der Waals surface area contributed by atoms with Crippen LogP contribution in [0.3, 0.4) is 0 Å². The predicted molar refractivity (Wildman–Crippen MR) is 543 cm³/mol. The van der Waals surface area contributed by atoms with Crippen molar-refractivity contribution in [1.29, 1.82) is 0 Å². The number of benzene rings is 4. The van der Waals surface area contributed by atoms with Gasteiger partial charge in [-0.15, -0.1) is 45.3 Å². The number of carbonyl (C=O) groups excluding carboxylic acids is 6. The molecule has 8 N–H and O–H groups in total. The molecule has 14 aromatic rings. The molecule has 0 aliphatic carbocycles. The summed E-state index contributed by atoms with van der Waals surface area (Å²) in [6.45, 7) is 19.8. The van der Waals surface area contributed by atoms with Gasteiger partial charge in [-0.1, -0.05) is 80.0 Å². The van der Waals surface area contributed by atoms with E-state index in [2.05, 4.69) is 130 Å². The lowest BCUT2D eigenvalue weighted by Crippen LogP contribution is -2.50. The third-order valence-corrected chi connectivity index (χ3v) is 27.1. The molecule has 36 nitrogen and oxygen atoms in total. The number of anilines is 10. The number of rotatable bonds is 20. The van der Waals surface area contributed by atoms with Gasteiger partial charge < -0.3 is 71.6 Å². The number of pyridine rings is 4. The fourth-order valence-corrected chi connectivity index (χ4v) is 20.0. The molecule has 712 valence electrons. The molecule has 0 bridgehead atoms. The molecule has 6 amide bonds. The van der Waals surface area contributed by atoms with E-state index in [9.17, 15) is 38.4 Å². The van der Waals surface area contributed by atoms with Crippen molar-refractivity contribution in [2.75, 3.05) is 143 Å². The van der Waals surface area contributed by atoms with Gasteiger partial charge in [-0.05, 0) is 111 Å². The lowest BCUT2D eigenvalue weighted by molar-refractivity contribution is 0.0988. The Morgan fingerprint density at radius 1 is 0.404 bits per heavy atom. The number of fused-ring (bicyclic) bond motifs is 4. The van der Waals surface area contributed by atoms with Crippen molar-refractivity contribution < 1.29 is 38.2 Å². The highest BCUT2D eigenvalue weighted by Gasteiger charge is 2.35. The number of piperazine rings is 4. The number of aromatic nitrogens is 12. The highest BCUT2D eigenvalue weighted by molar-refractivity contribution is 7.14. The normalized spacial score (nSPS) is 16.5. The lowest BCUT2D eigenvalue weighted by atomic mass is 10.1. The van der Waals surface area contributed by atoms with Crippen LogP contribution in [0, 0.1) is 0 Å². The van der Waals surface area contributed by atoms with Crippen LogP contribution in [-0.2, 0) is 27.2 Å². The quantitative estimate of drug-likeness (QED) is 0.0351. The Bertz CT molecular complexity index is 6360. The number of nitrogens with one attached hydrogen (secondary N) is 8. The molecule has 0 spiro atoms. The van der Waals surface area contributed by atoms with E-state index < -0.39 is 0 Å². The Morgan fingerprint density at radius 2 is 0.706 bits per heavy atom. The van der Waals surface area contributed by atoms with Gasteiger partial charge in [0.25, 0.3) is 35.4 Å². The molecule has 10 aromatic heterocycles. The highest BCUT2D eigenvalue weighted by atomic mass is 32.1. The van der Waals surface area contributed by atoms with Gasteiger partial charge in [-0.3, -0.25) is 67.6 Å². The molecule has 40 heteroatoms. The van der Waals surface area contributed by atoms with Gasteiger partial charge in [-0.25, -0.2) is 38.7 Å². The van der Waals surface area contributed by atoms with Gasteiger partial charge in [0, 0.05) is 174 Å². The number of amides is 6. The number of nitrogens with zero attached hydrogens (tertiary/aromatic N) is 18. The summed E-state index contributed by atoms with van der Waals surface area (Å²) in [6, 6.07) is 35.2. The number of thiazole rings is 4. The third kappa shape index (κ3) is 21.4. The van der Waals surface area contributed by atoms with Crippen molar-refractivity contribution in [3.05, 3.63) is 246 Å². The SMILES string of the molecule is C.C.C.C.CC[C@@H]1CN(c2ccncc2NC(=O)c2csc(-n3c(=O)n(C)c4ccccc43)n2)CCN1.CC[C@H]1CN(c2ccncc2NC(=O)c2csc(-n3c(=O)n(C)c4ccccc43)n2)CCN1.COc1ccc2c(c1)C(=O)N(c1nc(C(=O)Nc3cnccc3N3CCN[C@@H](C)C3)cs1)C2.COc1ccc2c(c1)C(=O)N(c1nc(C(=O)Nc3cnccc3N3CCN[C@H](C)C3)cs1)C2. The first kappa shape index (κ1) is 99.5. The Morgan fingerprint density at radius 3 is 1.02 bits per heavy atom. The van der Waals surface area contributed by atoms with Crippen molar-refractivity contribution in [2.24, 2.45) is 14.1 Å². The first-order valence-corrected chi connectivity index (χ1v) is 46.8. The van der Waals surface area contributed by atoms with Gasteiger partial charge >= 0.3 is 11.4 Å². The maximum Gasteiger partial charge on any atom is 0.335 e. The van der Waals surface area contributed by atoms with Gasteiger partial charge in [0.05, 0.1) is 120 Å². The van der Waals surface area contributed by atoms with Gasteiger partial charge in [0.2, 0.25) is 0 Å². The van der Waals surface area contributed by atoms with Crippen molar-refractivity contribution in [3.63, 3.8) is 0 Å². The standard InChI is InChI=1S/2C23H25N7O2S.2C23H24N6O3S.4CH4/c2*1-3-15-13-29(11-10-25-15)18-8-9-24-12-16(18)26-21(31)17-14-33-22(27-17)30-20-7-5-4-6-19(20)28(2)23(30)32;2*1-14-11-28(8-7-25-14)20-5-6-24-10-18(20)26-21(30)19-13-33-23(27-19)29-12-15-3-4-16(32-2)9-17(15)22(29)31;;;;/h2*4-9,12,14-15,25H,3,10-11,13H2,1-2H3,(H,26,31);2*3-6,9-10,13-14,25H,7-8,11-12H2,1-2H3,(H,26,30);4*1H4/t2*15-;2*14-;;;;/m1010..../s1.